The standard InChI is InChI=1S/C43H60N4O5.C30H49N4O15P3S4.O3S/c1-8-46-36-19-16-15-18-34(36)42(4,5)38(46)20-12-10-13-21-39-43(6,7)35-32-33(3)23-24-37(35)47(39)27-17-11-14-22-40(48)44-25-28-50-30-31-51-29-26-45-41(49)52-9-2;1-5-30(2,3)55-54-19-44-15-11-7-6-8-13-22(35)14-10-9-12-21-17-34(27-26(21)28(36)33-29(31)32-27)25-16-23(45-20-56(4)53)24(47-25)18-46-51(40,41)49-52(42,43)48-50(37,38)39;1-4(2)3/h10,12-13,15-16,18-21,23-24,32H,8-9,11,14,17,22,25-31H2,1-7H3,(H-,44,45,48,49);17,23-25H,5-8,10-11,13-16,18-20H2,1-4H3,(H,40,41)(H,42,43)(H2,37,38,39)(H3,31,32,33,36);/p+1/t;23-,24+,25+,56?;/m.0./s1. The second kappa shape index (κ2) is 47.6. The van der Waals surface area contributed by atoms with Gasteiger partial charge in [-0.2, -0.15) is 18.2 Å². The van der Waals surface area contributed by atoms with E-state index in [2.05, 4.69) is 186 Å². The zero-order chi connectivity index (χ0) is 82.9. The van der Waals surface area contributed by atoms with Crippen molar-refractivity contribution in [2.24, 2.45) is 0 Å². The molecule has 1 fully saturated rings. The van der Waals surface area contributed by atoms with E-state index in [1.165, 1.54) is 50.2 Å². The molecular formula is C73H110N8O23P3S5+. The van der Waals surface area contributed by atoms with Crippen LogP contribution < -0.4 is 26.8 Å². The van der Waals surface area contributed by atoms with Crippen molar-refractivity contribution >= 4 is 128 Å². The number of aromatic nitrogens is 3. The number of carbonyl (C=O) groups excluding carboxylic acids is 3. The number of H-pyrrole nitrogens is 1. The van der Waals surface area contributed by atoms with Crippen molar-refractivity contribution in [3.8, 4) is 11.8 Å². The van der Waals surface area contributed by atoms with E-state index in [4.69, 9.17) is 72.3 Å². The summed E-state index contributed by atoms with van der Waals surface area (Å²) in [6.45, 7) is 26.6. The van der Waals surface area contributed by atoms with Crippen LogP contribution >= 0.6 is 45.1 Å². The Bertz CT molecular complexity index is 4340. The lowest BCUT2D eigenvalue weighted by atomic mass is 9.81. The molecule has 0 aliphatic carbocycles. The maximum Gasteiger partial charge on any atom is 0.490 e. The van der Waals surface area contributed by atoms with Gasteiger partial charge in [0.2, 0.25) is 17.5 Å². The minimum absolute atomic E-state index is 0.0437. The van der Waals surface area contributed by atoms with E-state index < -0.39 is 80.2 Å². The van der Waals surface area contributed by atoms with Crippen molar-refractivity contribution in [2.45, 2.75) is 187 Å². The number of nitrogens with zero attached hydrogens (tertiary/aromatic N) is 4. The van der Waals surface area contributed by atoms with E-state index in [-0.39, 0.29) is 75.0 Å². The monoisotopic (exact) mass is 1720 g/mol. The quantitative estimate of drug-likeness (QED) is 0.00387. The van der Waals surface area contributed by atoms with Gasteiger partial charge in [0.05, 0.1) is 68.0 Å². The van der Waals surface area contributed by atoms with E-state index in [1.807, 2.05) is 10.8 Å². The number of carbonyl (C=O) groups is 3. The van der Waals surface area contributed by atoms with Gasteiger partial charge in [-0.3, -0.25) is 23.9 Å². The molecule has 3 aliphatic heterocycles. The van der Waals surface area contributed by atoms with Gasteiger partial charge in [0.15, 0.2) is 11.4 Å². The van der Waals surface area contributed by atoms with Gasteiger partial charge in [0.25, 0.3) is 5.56 Å². The summed E-state index contributed by atoms with van der Waals surface area (Å²) in [6, 6.07) is 15.5. The molecule has 624 valence electrons. The van der Waals surface area contributed by atoms with Crippen LogP contribution in [0.3, 0.4) is 0 Å². The highest BCUT2D eigenvalue weighted by Crippen LogP contribution is 2.66. The molecule has 5 heterocycles. The number of phosphoric acid groups is 3. The second-order valence-electron chi connectivity index (χ2n) is 27.7. The summed E-state index contributed by atoms with van der Waals surface area (Å²) in [5, 5.41) is 5.65. The molecule has 3 aliphatic rings. The van der Waals surface area contributed by atoms with Crippen molar-refractivity contribution in [1.29, 1.82) is 0 Å². The molecule has 0 bridgehead atoms. The van der Waals surface area contributed by atoms with E-state index >= 15 is 0 Å². The van der Waals surface area contributed by atoms with Gasteiger partial charge in [-0.15, -0.1) is 12.6 Å². The number of allylic oxidation sites excluding steroid dienone is 6. The Morgan fingerprint density at radius 1 is 0.857 bits per heavy atom. The topological polar surface area (TPSA) is 425 Å². The van der Waals surface area contributed by atoms with Crippen LogP contribution in [0, 0.1) is 18.8 Å². The highest BCUT2D eigenvalue weighted by atomic mass is 33.1. The number of rotatable bonds is 45. The summed E-state index contributed by atoms with van der Waals surface area (Å²) in [7, 11) is -17.0. The summed E-state index contributed by atoms with van der Waals surface area (Å²) in [5.74, 6) is 6.57. The number of para-hydroxylation sites is 1. The summed E-state index contributed by atoms with van der Waals surface area (Å²) >= 11 is 5.21. The summed E-state index contributed by atoms with van der Waals surface area (Å²) in [6.07, 6.45) is 20.0. The van der Waals surface area contributed by atoms with Crippen molar-refractivity contribution in [2.75, 3.05) is 101 Å². The van der Waals surface area contributed by atoms with Crippen LogP contribution in [0.2, 0.25) is 0 Å². The molecule has 112 heavy (non-hydrogen) atoms. The average Bonchev–Trinajstić information content (AvgIpc) is 1.60. The molecule has 2 aromatic carbocycles. The number of hydrogen-bond donors (Lipinski definition) is 8. The first-order valence-corrected chi connectivity index (χ1v) is 47.3. The smallest absolute Gasteiger partial charge is 0.450 e. The number of aryl methyl sites for hydroxylation is 1. The van der Waals surface area contributed by atoms with Gasteiger partial charge in [-0.05, 0) is 122 Å². The first kappa shape index (κ1) is 97.0. The van der Waals surface area contributed by atoms with Crippen LogP contribution in [-0.2, 0) is 107 Å². The molecule has 7 rings (SSSR count). The van der Waals surface area contributed by atoms with E-state index in [9.17, 15) is 42.7 Å². The first-order chi connectivity index (χ1) is 52.8. The van der Waals surface area contributed by atoms with Crippen LogP contribution in [0.25, 0.3) is 11.0 Å². The average molecular weight is 1720 g/mol. The van der Waals surface area contributed by atoms with E-state index in [0.717, 1.165) is 64.5 Å². The minimum Gasteiger partial charge on any atom is -0.450 e. The SMILES string of the molecule is CCC(C)(C)SSCOCCCCCCC(=O)CCC#Cc1cn([C@H]2C[C@H](OCS(C)=S)[C@@H](COP(=O)(O)OP(=O)(O)OP(=O)(O)O)O2)c2nc(N)[nH]c(=O)c12.CCOC(=O)NCCOCCOCCNC(=O)CCCCC[N+]1=C(/C=C/C=C/C=C2\N(CC)c3ccccc3C2(C)C)C(C)(C)c2cc(C)ccc21.O=S(=O)=O. The molecular weight excluding hydrogens is 1610 g/mol. The van der Waals surface area contributed by atoms with Crippen molar-refractivity contribution in [1.82, 2.24) is 25.2 Å². The third kappa shape index (κ3) is 33.2. The Morgan fingerprint density at radius 3 is 2.21 bits per heavy atom. The zero-order valence-corrected chi connectivity index (χ0v) is 72.2. The zero-order valence-electron chi connectivity index (χ0n) is 65.4. The number of unbranched alkanes of at least 4 members (excludes halogenated alkanes) is 5. The molecule has 31 nitrogen and oxygen atoms in total. The fourth-order valence-corrected chi connectivity index (χ4v) is 18.1. The number of ether oxygens (including phenoxy) is 6. The summed E-state index contributed by atoms with van der Waals surface area (Å²) < 4.78 is 110. The molecule has 3 unspecified atom stereocenters. The van der Waals surface area contributed by atoms with Gasteiger partial charge in [0, 0.05) is 110 Å². The molecule has 2 amide bonds. The number of fused-ring (bicyclic) bond motifs is 3. The number of hydrogen-bond acceptors (Lipinski definition) is 25. The van der Waals surface area contributed by atoms with Crippen LogP contribution in [0.1, 0.15) is 174 Å². The number of benzene rings is 2. The molecule has 0 saturated carbocycles. The predicted molar refractivity (Wildman–Crippen MR) is 439 cm³/mol. The molecule has 4 aromatic rings. The Morgan fingerprint density at radius 2 is 1.54 bits per heavy atom. The number of nitrogen functional groups attached to an aromatic ring is 1. The minimum atomic E-state index is -5.75. The highest BCUT2D eigenvalue weighted by molar-refractivity contribution is 8.77. The fourth-order valence-electron chi connectivity index (χ4n) is 12.2. The van der Waals surface area contributed by atoms with E-state index in [0.29, 0.717) is 71.5 Å². The van der Waals surface area contributed by atoms with Crippen molar-refractivity contribution in [3.63, 3.8) is 0 Å². The van der Waals surface area contributed by atoms with Crippen LogP contribution in [0.5, 0.6) is 0 Å². The molecule has 9 N–H and O–H groups in total. The second-order valence-corrected chi connectivity index (χ2v) is 38.6. The van der Waals surface area contributed by atoms with E-state index in [1.54, 1.807) is 24.0 Å². The molecule has 1 saturated heterocycles. The largest absolute Gasteiger partial charge is 0.490 e. The molecule has 6 atom stereocenters. The molecule has 2 aromatic heterocycles. The maximum absolute atomic E-state index is 13.0. The number of ketones is 1. The van der Waals surface area contributed by atoms with Crippen molar-refractivity contribution < 1.29 is 106 Å². The molecule has 39 heteroatoms. The number of phosphoric ester groups is 1. The van der Waals surface area contributed by atoms with Gasteiger partial charge in [0.1, 0.15) is 30.6 Å². The normalized spacial score (nSPS) is 18.1. The predicted octanol–water partition coefficient (Wildman–Crippen LogP) is 11.8. The Balaban J connectivity index is 0.000000383. The number of Topliss-reactive ketones (excluding diaryl/α,β-unsaturated/α-hetero) is 1. The number of likely N-dealkylation sites (N-methyl/N-ethyl adjacent to an activating group) is 1. The Hall–Kier alpha value is -5.58. The third-order valence-corrected chi connectivity index (χ3v) is 25.6. The number of alkyl carbamates (subject to hydrolysis) is 1. The van der Waals surface area contributed by atoms with Crippen LogP contribution in [-0.4, -0.2) is 182 Å². The summed E-state index contributed by atoms with van der Waals surface area (Å²) in [5.41, 5.74) is 14.7. The van der Waals surface area contributed by atoms with Gasteiger partial charge < -0.3 is 73.8 Å². The highest BCUT2D eigenvalue weighted by Gasteiger charge is 2.46. The number of amides is 2. The van der Waals surface area contributed by atoms with Crippen LogP contribution in [0.15, 0.2) is 89.5 Å². The van der Waals surface area contributed by atoms with Gasteiger partial charge >= 0.3 is 40.2 Å². The van der Waals surface area contributed by atoms with Gasteiger partial charge in [-0.1, -0.05) is 125 Å². The Labute approximate surface area is 672 Å². The Kier molecular flexibility index (Phi) is 41.2. The van der Waals surface area contributed by atoms with Crippen molar-refractivity contribution in [3.05, 3.63) is 117 Å². The maximum atomic E-state index is 13.0. The fraction of sp³-hybridized carbons (Fsp3) is 0.589. The number of aromatic amines is 1. The lowest BCUT2D eigenvalue weighted by Gasteiger charge is -2.25. The third-order valence-electron chi connectivity index (χ3n) is 17.9. The summed E-state index contributed by atoms with van der Waals surface area (Å²) in [4.78, 5) is 95.3. The van der Waals surface area contributed by atoms with Crippen LogP contribution in [0.4, 0.5) is 22.1 Å². The molecule has 0 spiro atoms. The first-order valence-electron chi connectivity index (χ1n) is 36.8. The lowest BCUT2D eigenvalue weighted by molar-refractivity contribution is -0.438. The van der Waals surface area contributed by atoms with Gasteiger partial charge in [-0.25, -0.2) is 18.5 Å². The number of nitrogens with two attached hydrogens (primary N) is 1. The number of anilines is 2. The molecule has 0 radical (unpaired) electrons. The number of nitrogens with one attached hydrogen (secondary N) is 3. The lowest BCUT2D eigenvalue weighted by Crippen LogP contribution is -2.29.